The van der Waals surface area contributed by atoms with E-state index in [0.29, 0.717) is 0 Å². The van der Waals surface area contributed by atoms with Crippen molar-refractivity contribution in [1.82, 2.24) is 0 Å². The fraction of sp³-hybridized carbons (Fsp3) is 0. The van der Waals surface area contributed by atoms with E-state index < -0.39 is 7.81 Å². The van der Waals surface area contributed by atoms with Gasteiger partial charge >= 0.3 is 44.5 Å². The summed E-state index contributed by atoms with van der Waals surface area (Å²) in [6.45, 7) is 0. The Bertz CT molecular complexity index is 76.4. The van der Waals surface area contributed by atoms with E-state index in [9.17, 15) is 25.2 Å². The Morgan fingerprint density at radius 1 is 0.875 bits per heavy atom. The molecule has 0 unspecified atom stereocenters. The second-order valence-electron chi connectivity index (χ2n) is 0.958. The van der Waals surface area contributed by atoms with E-state index >= 15 is 0 Å². The molecule has 0 saturated carbocycles. The Morgan fingerprint density at radius 2 is 0.875 bits per heavy atom. The molecule has 0 aliphatic rings. The molecule has 0 atom stereocenters. The summed E-state index contributed by atoms with van der Waals surface area (Å²) in [7, 11) is -10.7. The molecule has 0 aromatic heterocycles. The van der Waals surface area contributed by atoms with E-state index in [2.05, 4.69) is 0 Å². The average Bonchev–Trinajstić information content (AvgIpc) is 0.592. The van der Waals surface area contributed by atoms with Gasteiger partial charge in [0.05, 0.1) is 0 Å². The number of hydrogen-bond donors (Lipinski definition) is 0. The molecule has 0 N–H and O–H groups in total. The molecule has 8 heavy (non-hydrogen) atoms. The van der Waals surface area contributed by atoms with Crippen LogP contribution >= 0.6 is 7.81 Å². The van der Waals surface area contributed by atoms with Gasteiger partial charge in [-0.2, -0.15) is 0 Å². The van der Waals surface area contributed by atoms with Gasteiger partial charge in [-0.15, -0.1) is 0 Å². The Hall–Kier alpha value is 0.179. The first-order valence-electron chi connectivity index (χ1n) is 1.01. The molecule has 0 aromatic carbocycles. The van der Waals surface area contributed by atoms with Crippen molar-refractivity contribution in [2.24, 2.45) is 0 Å². The van der Waals surface area contributed by atoms with Gasteiger partial charge in [0.2, 0.25) is 0 Å². The third kappa shape index (κ3) is 5180. The van der Waals surface area contributed by atoms with Crippen LogP contribution in [0.4, 0.5) is 25.2 Å². The van der Waals surface area contributed by atoms with Crippen LogP contribution in [0.2, 0.25) is 0 Å². The van der Waals surface area contributed by atoms with Crippen LogP contribution in [-0.2, 0) is 0 Å². The molecule has 0 spiro atoms. The van der Waals surface area contributed by atoms with Crippen molar-refractivity contribution in [3.8, 4) is 0 Å². The molecule has 8 heteroatoms. The maximum absolute atomic E-state index is 10.7. The molecule has 0 rings (SSSR count). The van der Waals surface area contributed by atoms with Crippen LogP contribution in [0.3, 0.4) is 0 Å². The first-order valence-corrected chi connectivity index (χ1v) is 3.04. The summed E-state index contributed by atoms with van der Waals surface area (Å²) in [6.07, 6.45) is 0. The minimum atomic E-state index is -10.7. The summed E-state index contributed by atoms with van der Waals surface area (Å²) < 4.78 is 59.2. The van der Waals surface area contributed by atoms with Crippen LogP contribution in [0.5, 0.6) is 0 Å². The molecule has 0 aliphatic heterocycles. The van der Waals surface area contributed by atoms with Gasteiger partial charge in [0.1, 0.15) is 0 Å². The second-order valence-corrected chi connectivity index (χ2v) is 2.87. The van der Waals surface area contributed by atoms with Crippen LogP contribution in [0.1, 0.15) is 4.28 Å². The predicted molar refractivity (Wildman–Crippen MR) is 22.7 cm³/mol. The monoisotopic (exact) mass is 157 g/mol. The molecule has 0 amide bonds. The smallest absolute Gasteiger partial charge is 1.00 e. The standard InChI is InChI=1S/Be.F6P.2H/c;1-7(2,3,4,5)6;;/q+2;3*-1/p+1. The van der Waals surface area contributed by atoms with E-state index in [-0.39, 0.29) is 14.4 Å². The molecule has 52 valence electrons. The summed E-state index contributed by atoms with van der Waals surface area (Å²) in [5, 5.41) is 0. The third-order valence-corrected chi connectivity index (χ3v) is 0. The van der Waals surface area contributed by atoms with E-state index in [4.69, 9.17) is 0 Å². The maximum atomic E-state index is 9.87. The number of halogens is 6. The van der Waals surface area contributed by atoms with E-state index in [1.54, 1.807) is 0 Å². The van der Waals surface area contributed by atoms with Gasteiger partial charge < -0.3 is 2.85 Å². The topological polar surface area (TPSA) is 0 Å². The van der Waals surface area contributed by atoms with Crippen molar-refractivity contribution >= 4 is 17.9 Å². The SMILES string of the molecule is F[P-](F)(F)(F)(F)F.[Be+2].[H+].[H-].[H-]. The number of hydrogen-bond acceptors (Lipinski definition) is 0. The van der Waals surface area contributed by atoms with Crippen LogP contribution in [0.25, 0.3) is 0 Å². The molecular weight excluding hydrogens is 154 g/mol. The van der Waals surface area contributed by atoms with Gasteiger partial charge in [0.15, 0.2) is 0 Å². The summed E-state index contributed by atoms with van der Waals surface area (Å²) in [4.78, 5) is 0. The first-order chi connectivity index (χ1) is 2.45. The normalized spacial score (nSPS) is 20.2. The van der Waals surface area contributed by atoms with Gasteiger partial charge in [0, 0.05) is 0 Å². The molecule has 0 saturated heterocycles. The molecule has 0 nitrogen and oxygen atoms in total. The largest absolute Gasteiger partial charge is 2.00 e. The van der Waals surface area contributed by atoms with Crippen molar-refractivity contribution in [1.29, 1.82) is 0 Å². The van der Waals surface area contributed by atoms with Gasteiger partial charge in [0.25, 0.3) is 0 Å². The maximum Gasteiger partial charge on any atom is 2.00 e. The fourth-order valence-corrected chi connectivity index (χ4v) is 0. The zero-order valence-corrected chi connectivity index (χ0v) is 4.32. The van der Waals surface area contributed by atoms with E-state index in [0.717, 1.165) is 0 Å². The van der Waals surface area contributed by atoms with Gasteiger partial charge in [-0.05, 0) is 0 Å². The Balaban J connectivity index is -0.0000000300. The molecule has 0 radical (unpaired) electrons. The van der Waals surface area contributed by atoms with Crippen LogP contribution < -0.4 is 0 Å². The predicted octanol–water partition coefficient (Wildman–Crippen LogP) is 3.34. The van der Waals surface area contributed by atoms with Crippen molar-refractivity contribution in [3.63, 3.8) is 0 Å². The van der Waals surface area contributed by atoms with Crippen molar-refractivity contribution in [2.45, 2.75) is 0 Å². The Morgan fingerprint density at radius 3 is 0.875 bits per heavy atom. The minimum absolute atomic E-state index is 0. The zero-order chi connectivity index (χ0) is 6.41. The van der Waals surface area contributed by atoms with Crippen molar-refractivity contribution in [2.75, 3.05) is 0 Å². The Kier molecular flexibility index (Phi) is 1.64. The molecule has 0 aromatic rings. The second kappa shape index (κ2) is 1.19. The summed E-state index contributed by atoms with van der Waals surface area (Å²) >= 11 is 0. The Labute approximate surface area is 48.8 Å². The van der Waals surface area contributed by atoms with E-state index in [1.165, 1.54) is 0 Å². The molecule has 0 bridgehead atoms. The third-order valence-electron chi connectivity index (χ3n) is 0. The first kappa shape index (κ1) is 11.0. The van der Waals surface area contributed by atoms with E-state index in [1.807, 2.05) is 0 Å². The zero-order valence-electron chi connectivity index (χ0n) is 6.42. The molecule has 0 aliphatic carbocycles. The van der Waals surface area contributed by atoms with Gasteiger partial charge in [-0.1, -0.05) is 0 Å². The minimum Gasteiger partial charge on any atom is -1.00 e. The summed E-state index contributed by atoms with van der Waals surface area (Å²) in [5.41, 5.74) is 0. The molecular formula is H3BeF6P. The van der Waals surface area contributed by atoms with Gasteiger partial charge in [-0.25, -0.2) is 0 Å². The quantitative estimate of drug-likeness (QED) is 0.287. The summed E-state index contributed by atoms with van der Waals surface area (Å²) in [5.74, 6) is 0. The fourth-order valence-electron chi connectivity index (χ4n) is 0. The van der Waals surface area contributed by atoms with Crippen molar-refractivity contribution < 1.29 is 29.5 Å². The van der Waals surface area contributed by atoms with Crippen LogP contribution in [0.15, 0.2) is 0 Å². The molecule has 0 heterocycles. The van der Waals surface area contributed by atoms with Crippen LogP contribution in [0, 0.1) is 0 Å². The van der Waals surface area contributed by atoms with Crippen molar-refractivity contribution in [3.05, 3.63) is 0 Å². The average molecular weight is 157 g/mol. The number of rotatable bonds is 0. The van der Waals surface area contributed by atoms with Crippen LogP contribution in [-0.4, -0.2) is 10.1 Å². The van der Waals surface area contributed by atoms with Gasteiger partial charge in [-0.3, -0.25) is 0 Å². The molecule has 0 fully saturated rings. The summed E-state index contributed by atoms with van der Waals surface area (Å²) in [6, 6.07) is 0.